The van der Waals surface area contributed by atoms with Gasteiger partial charge in [-0.25, -0.2) is 0 Å². The van der Waals surface area contributed by atoms with Crippen molar-refractivity contribution < 1.29 is 5.48 Å². The lowest BCUT2D eigenvalue weighted by Crippen LogP contribution is -2.71. The maximum absolute atomic E-state index is 11.0. The van der Waals surface area contributed by atoms with Gasteiger partial charge in [-0.05, 0) is 74.2 Å². The van der Waals surface area contributed by atoms with Gasteiger partial charge in [0.25, 0.3) is 0 Å². The minimum atomic E-state index is 0.785. The van der Waals surface area contributed by atoms with Crippen molar-refractivity contribution in [2.45, 2.75) is 27.7 Å². The Labute approximate surface area is 114 Å². The molecule has 2 aromatic rings. The van der Waals surface area contributed by atoms with Gasteiger partial charge in [-0.3, -0.25) is 0 Å². The summed E-state index contributed by atoms with van der Waals surface area (Å²) in [6.45, 7) is 7.98. The number of nitrogens with two attached hydrogens (primary N) is 2. The number of hydrogen-bond acceptors (Lipinski definition) is 2. The quantitative estimate of drug-likeness (QED) is 0.641. The average Bonchev–Trinajstić information content (AvgIpc) is 2.35. The van der Waals surface area contributed by atoms with Crippen LogP contribution in [0.25, 0.3) is 11.1 Å². The molecule has 0 atom stereocenters. The number of anilines is 1. The summed E-state index contributed by atoms with van der Waals surface area (Å²) in [5.74, 6) is 0. The van der Waals surface area contributed by atoms with Gasteiger partial charge in [0.1, 0.15) is 5.69 Å². The first-order chi connectivity index (χ1) is 8.93. The molecular formula is C16H20N2O. The Morgan fingerprint density at radius 2 is 1.16 bits per heavy atom. The molecule has 3 heteroatoms. The van der Waals surface area contributed by atoms with E-state index in [1.54, 1.807) is 0 Å². The fraction of sp³-hybridized carbons (Fsp3) is 0.250. The van der Waals surface area contributed by atoms with E-state index in [9.17, 15) is 5.21 Å². The predicted octanol–water partition coefficient (Wildman–Crippen LogP) is 2.86. The van der Waals surface area contributed by atoms with Gasteiger partial charge in [-0.2, -0.15) is 0 Å². The Morgan fingerprint density at radius 3 is 1.53 bits per heavy atom. The number of benzene rings is 2. The van der Waals surface area contributed by atoms with Crippen molar-refractivity contribution >= 4 is 11.4 Å². The summed E-state index contributed by atoms with van der Waals surface area (Å²) in [5.41, 5.74) is 15.0. The molecule has 0 aliphatic rings. The van der Waals surface area contributed by atoms with Crippen molar-refractivity contribution in [2.24, 2.45) is 0 Å². The first-order valence-electron chi connectivity index (χ1n) is 6.37. The largest absolute Gasteiger partial charge is 0.630 e. The normalized spacial score (nSPS) is 10.8. The highest BCUT2D eigenvalue weighted by atomic mass is 16.5. The fourth-order valence-electron chi connectivity index (χ4n) is 2.47. The molecule has 0 bridgehead atoms. The number of nitrogen functional groups attached to an aromatic ring is 1. The van der Waals surface area contributed by atoms with Crippen LogP contribution in [-0.4, -0.2) is 0 Å². The molecular weight excluding hydrogens is 236 g/mol. The lowest BCUT2D eigenvalue weighted by Gasteiger charge is -2.13. The zero-order chi connectivity index (χ0) is 14.2. The van der Waals surface area contributed by atoms with Crippen molar-refractivity contribution in [1.29, 1.82) is 0 Å². The summed E-state index contributed by atoms with van der Waals surface area (Å²) in [6.07, 6.45) is 0. The second-order valence-electron chi connectivity index (χ2n) is 5.17. The molecule has 4 N–H and O–H groups in total. The van der Waals surface area contributed by atoms with Crippen LogP contribution in [0.3, 0.4) is 0 Å². The summed E-state index contributed by atoms with van der Waals surface area (Å²) in [6, 6.07) is 8.30. The van der Waals surface area contributed by atoms with Crippen molar-refractivity contribution in [1.82, 2.24) is 0 Å². The maximum atomic E-state index is 11.0. The highest BCUT2D eigenvalue weighted by Gasteiger charge is 2.09. The van der Waals surface area contributed by atoms with E-state index in [-0.39, 0.29) is 0 Å². The molecule has 0 fully saturated rings. The van der Waals surface area contributed by atoms with E-state index in [2.05, 4.69) is 24.3 Å². The van der Waals surface area contributed by atoms with Gasteiger partial charge in [-0.1, -0.05) is 0 Å². The van der Waals surface area contributed by atoms with Gasteiger partial charge in [0.15, 0.2) is 0 Å². The molecule has 0 heterocycles. The minimum absolute atomic E-state index is 0.785. The van der Waals surface area contributed by atoms with Gasteiger partial charge in [-0.15, -0.1) is 0 Å². The van der Waals surface area contributed by atoms with Crippen LogP contribution in [0.1, 0.15) is 22.3 Å². The molecule has 0 unspecified atom stereocenters. The van der Waals surface area contributed by atoms with Crippen LogP contribution in [0.4, 0.5) is 11.4 Å². The predicted molar refractivity (Wildman–Crippen MR) is 80.2 cm³/mol. The molecule has 0 amide bonds. The van der Waals surface area contributed by atoms with Crippen LogP contribution in [0.2, 0.25) is 0 Å². The third-order valence-electron chi connectivity index (χ3n) is 3.64. The third-order valence-corrected chi connectivity index (χ3v) is 3.64. The number of rotatable bonds is 2. The highest BCUT2D eigenvalue weighted by Crippen LogP contribution is 2.30. The van der Waals surface area contributed by atoms with E-state index in [0.717, 1.165) is 50.2 Å². The van der Waals surface area contributed by atoms with Crippen LogP contribution >= 0.6 is 0 Å². The maximum Gasteiger partial charge on any atom is 0.135 e. The Bertz CT molecular complexity index is 587. The van der Waals surface area contributed by atoms with Crippen LogP contribution < -0.4 is 11.2 Å². The van der Waals surface area contributed by atoms with Crippen molar-refractivity contribution in [3.8, 4) is 11.1 Å². The van der Waals surface area contributed by atoms with Crippen LogP contribution in [-0.2, 0) is 0 Å². The van der Waals surface area contributed by atoms with E-state index in [1.165, 1.54) is 0 Å². The van der Waals surface area contributed by atoms with E-state index in [4.69, 9.17) is 5.73 Å². The minimum Gasteiger partial charge on any atom is -0.630 e. The smallest absolute Gasteiger partial charge is 0.135 e. The summed E-state index contributed by atoms with van der Waals surface area (Å²) < 4.78 is 0. The lowest BCUT2D eigenvalue weighted by atomic mass is 9.95. The monoisotopic (exact) mass is 256 g/mol. The molecule has 19 heavy (non-hydrogen) atoms. The third kappa shape index (κ3) is 2.48. The van der Waals surface area contributed by atoms with E-state index in [0.29, 0.717) is 0 Å². The second kappa shape index (κ2) is 5.03. The summed E-state index contributed by atoms with van der Waals surface area (Å²) in [5, 5.41) is 11.0. The standard InChI is InChI=1S/C16H20N2O/c1-9-5-13(6-10(2)15(9)17)14-7-11(3)16(18-19)12(4)8-14/h5-8H,17-18H2,1-4H3. The molecule has 0 spiro atoms. The van der Waals surface area contributed by atoms with Gasteiger partial charge < -0.3 is 16.4 Å². The molecule has 3 nitrogen and oxygen atoms in total. The molecule has 2 rings (SSSR count). The summed E-state index contributed by atoms with van der Waals surface area (Å²) in [7, 11) is 0. The lowest BCUT2D eigenvalue weighted by molar-refractivity contribution is -0.498. The topological polar surface area (TPSA) is 65.7 Å². The van der Waals surface area contributed by atoms with Crippen LogP contribution in [0, 0.1) is 32.9 Å². The first-order valence-corrected chi connectivity index (χ1v) is 6.37. The molecule has 0 aliphatic carbocycles. The zero-order valence-electron chi connectivity index (χ0n) is 11.9. The van der Waals surface area contributed by atoms with Crippen LogP contribution in [0.5, 0.6) is 0 Å². The fourth-order valence-corrected chi connectivity index (χ4v) is 2.47. The molecule has 0 saturated carbocycles. The number of quaternary nitrogens is 1. The van der Waals surface area contributed by atoms with Gasteiger partial charge >= 0.3 is 0 Å². The van der Waals surface area contributed by atoms with E-state index < -0.39 is 0 Å². The Balaban J connectivity index is 2.60. The van der Waals surface area contributed by atoms with Crippen molar-refractivity contribution in [3.05, 3.63) is 51.7 Å². The van der Waals surface area contributed by atoms with Gasteiger partial charge in [0.05, 0.1) is 0 Å². The molecule has 0 radical (unpaired) electrons. The van der Waals surface area contributed by atoms with Gasteiger partial charge in [0.2, 0.25) is 0 Å². The highest BCUT2D eigenvalue weighted by molar-refractivity contribution is 5.73. The Hall–Kier alpha value is -1.84. The first kappa shape index (κ1) is 13.6. The number of aryl methyl sites for hydroxylation is 4. The molecule has 0 saturated heterocycles. The molecule has 0 aromatic heterocycles. The summed E-state index contributed by atoms with van der Waals surface area (Å²) in [4.78, 5) is 0. The second-order valence-corrected chi connectivity index (χ2v) is 5.17. The zero-order valence-corrected chi connectivity index (χ0v) is 11.9. The Kier molecular flexibility index (Phi) is 3.60. The molecule has 100 valence electrons. The average molecular weight is 256 g/mol. The molecule has 0 aliphatic heterocycles. The van der Waals surface area contributed by atoms with E-state index >= 15 is 0 Å². The summed E-state index contributed by atoms with van der Waals surface area (Å²) >= 11 is 0. The number of hydrogen-bond donors (Lipinski definition) is 2. The van der Waals surface area contributed by atoms with Gasteiger partial charge in [0, 0.05) is 16.8 Å². The Morgan fingerprint density at radius 1 is 0.789 bits per heavy atom. The van der Waals surface area contributed by atoms with Crippen LogP contribution in [0.15, 0.2) is 24.3 Å². The van der Waals surface area contributed by atoms with E-state index in [1.807, 2.05) is 27.7 Å². The SMILES string of the molecule is Cc1cc(-c2cc(C)c([NH2+][O-])c(C)c2)cc(C)c1N. The molecule has 2 aromatic carbocycles. The van der Waals surface area contributed by atoms with Crippen molar-refractivity contribution in [2.75, 3.05) is 5.73 Å². The van der Waals surface area contributed by atoms with Crippen molar-refractivity contribution in [3.63, 3.8) is 0 Å².